The van der Waals surface area contributed by atoms with Gasteiger partial charge < -0.3 is 14.2 Å². The third-order valence-corrected chi connectivity index (χ3v) is 4.29. The van der Waals surface area contributed by atoms with Gasteiger partial charge in [0.1, 0.15) is 5.75 Å². The summed E-state index contributed by atoms with van der Waals surface area (Å²) in [5.74, 6) is 0.985. The minimum absolute atomic E-state index is 0.794. The lowest BCUT2D eigenvalue weighted by atomic mass is 10.2. The van der Waals surface area contributed by atoms with E-state index in [4.69, 9.17) is 4.74 Å². The number of ether oxygens (including phenoxy) is 1. The van der Waals surface area contributed by atoms with E-state index in [2.05, 4.69) is 46.9 Å². The summed E-state index contributed by atoms with van der Waals surface area (Å²) in [6.45, 7) is 7.86. The van der Waals surface area contributed by atoms with E-state index in [-0.39, 0.29) is 0 Å². The number of nitrogens with zero attached hydrogens (tertiary/aromatic N) is 2. The van der Waals surface area contributed by atoms with Crippen molar-refractivity contribution in [3.05, 3.63) is 30.5 Å². The summed E-state index contributed by atoms with van der Waals surface area (Å²) in [7, 11) is 0. The summed E-state index contributed by atoms with van der Waals surface area (Å²) in [6.07, 6.45) is 7.26. The van der Waals surface area contributed by atoms with E-state index in [1.54, 1.807) is 0 Å². The second kappa shape index (κ2) is 6.99. The fraction of sp³-hybridized carbons (Fsp3) is 0.556. The minimum atomic E-state index is 0.794. The van der Waals surface area contributed by atoms with Crippen molar-refractivity contribution in [1.29, 1.82) is 0 Å². The molecule has 2 aromatic rings. The first-order valence-electron chi connectivity index (χ1n) is 8.31. The fourth-order valence-corrected chi connectivity index (χ4v) is 3.15. The SMILES string of the molecule is CCCOc1ccc2c(ccn2CCCN2CCCC2)c1. The van der Waals surface area contributed by atoms with Crippen molar-refractivity contribution < 1.29 is 4.74 Å². The van der Waals surface area contributed by atoms with Crippen molar-refractivity contribution in [2.75, 3.05) is 26.2 Å². The molecular weight excluding hydrogens is 260 g/mol. The molecule has 0 bridgehead atoms. The van der Waals surface area contributed by atoms with E-state index in [1.165, 1.54) is 49.8 Å². The first kappa shape index (κ1) is 14.5. The maximum atomic E-state index is 5.71. The van der Waals surface area contributed by atoms with Gasteiger partial charge in [0.2, 0.25) is 0 Å². The number of hydrogen-bond donors (Lipinski definition) is 0. The van der Waals surface area contributed by atoms with Gasteiger partial charge in [0.05, 0.1) is 6.61 Å². The minimum Gasteiger partial charge on any atom is -0.494 e. The molecule has 1 aromatic heterocycles. The van der Waals surface area contributed by atoms with Crippen LogP contribution in [0.2, 0.25) is 0 Å². The summed E-state index contributed by atoms with van der Waals surface area (Å²) in [5, 5.41) is 1.28. The van der Waals surface area contributed by atoms with Gasteiger partial charge in [-0.05, 0) is 69.6 Å². The smallest absolute Gasteiger partial charge is 0.120 e. The Morgan fingerprint density at radius 3 is 2.76 bits per heavy atom. The molecular formula is C18H26N2O. The summed E-state index contributed by atoms with van der Waals surface area (Å²) in [6, 6.07) is 8.64. The van der Waals surface area contributed by atoms with Gasteiger partial charge in [0.15, 0.2) is 0 Å². The molecule has 0 aliphatic carbocycles. The predicted molar refractivity (Wildman–Crippen MR) is 88.0 cm³/mol. The van der Waals surface area contributed by atoms with Crippen LogP contribution in [0.5, 0.6) is 5.75 Å². The van der Waals surface area contributed by atoms with Gasteiger partial charge >= 0.3 is 0 Å². The number of benzene rings is 1. The van der Waals surface area contributed by atoms with E-state index in [9.17, 15) is 0 Å². The van der Waals surface area contributed by atoms with Crippen molar-refractivity contribution in [2.24, 2.45) is 0 Å². The number of likely N-dealkylation sites (tertiary alicyclic amines) is 1. The maximum absolute atomic E-state index is 5.71. The molecule has 0 radical (unpaired) electrons. The normalized spacial score (nSPS) is 15.9. The zero-order valence-electron chi connectivity index (χ0n) is 13.1. The van der Waals surface area contributed by atoms with E-state index < -0.39 is 0 Å². The Labute approximate surface area is 127 Å². The largest absolute Gasteiger partial charge is 0.494 e. The quantitative estimate of drug-likeness (QED) is 0.767. The highest BCUT2D eigenvalue weighted by Crippen LogP contribution is 2.22. The van der Waals surface area contributed by atoms with E-state index in [0.29, 0.717) is 0 Å². The topological polar surface area (TPSA) is 17.4 Å². The van der Waals surface area contributed by atoms with Crippen molar-refractivity contribution >= 4 is 10.9 Å². The predicted octanol–water partition coefficient (Wildman–Crippen LogP) is 3.92. The van der Waals surface area contributed by atoms with Gasteiger partial charge in [-0.2, -0.15) is 0 Å². The van der Waals surface area contributed by atoms with Crippen molar-refractivity contribution in [3.63, 3.8) is 0 Å². The molecule has 1 fully saturated rings. The van der Waals surface area contributed by atoms with Gasteiger partial charge in [-0.15, -0.1) is 0 Å². The van der Waals surface area contributed by atoms with E-state index >= 15 is 0 Å². The van der Waals surface area contributed by atoms with E-state index in [0.717, 1.165) is 25.3 Å². The zero-order valence-corrected chi connectivity index (χ0v) is 13.1. The van der Waals surface area contributed by atoms with Crippen LogP contribution >= 0.6 is 0 Å². The molecule has 0 spiro atoms. The first-order chi connectivity index (χ1) is 10.4. The molecule has 0 saturated carbocycles. The molecule has 1 saturated heterocycles. The first-order valence-corrected chi connectivity index (χ1v) is 8.31. The van der Waals surface area contributed by atoms with Gasteiger partial charge in [-0.1, -0.05) is 6.92 Å². The Bertz CT molecular complexity index is 570. The molecule has 21 heavy (non-hydrogen) atoms. The molecule has 1 aliphatic heterocycles. The lowest BCUT2D eigenvalue weighted by Gasteiger charge is -2.14. The lowest BCUT2D eigenvalue weighted by molar-refractivity contribution is 0.318. The fourth-order valence-electron chi connectivity index (χ4n) is 3.15. The zero-order chi connectivity index (χ0) is 14.5. The van der Waals surface area contributed by atoms with Crippen molar-refractivity contribution in [3.8, 4) is 5.75 Å². The van der Waals surface area contributed by atoms with Crippen LogP contribution < -0.4 is 4.74 Å². The second-order valence-corrected chi connectivity index (χ2v) is 5.98. The Morgan fingerprint density at radius 1 is 1.10 bits per heavy atom. The molecule has 114 valence electrons. The average Bonchev–Trinajstić information content (AvgIpc) is 3.15. The molecule has 1 aromatic carbocycles. The number of aromatic nitrogens is 1. The second-order valence-electron chi connectivity index (χ2n) is 5.98. The Kier molecular flexibility index (Phi) is 4.81. The number of aryl methyl sites for hydroxylation is 1. The highest BCUT2D eigenvalue weighted by molar-refractivity contribution is 5.81. The lowest BCUT2D eigenvalue weighted by Crippen LogP contribution is -2.21. The average molecular weight is 286 g/mol. The van der Waals surface area contributed by atoms with Crippen LogP contribution in [0.3, 0.4) is 0 Å². The molecule has 0 N–H and O–H groups in total. The molecule has 3 rings (SSSR count). The van der Waals surface area contributed by atoms with Crippen LogP contribution in [0.1, 0.15) is 32.6 Å². The van der Waals surface area contributed by atoms with Crippen LogP contribution in [0.25, 0.3) is 10.9 Å². The molecule has 3 heteroatoms. The summed E-state index contributed by atoms with van der Waals surface area (Å²) in [5.41, 5.74) is 1.32. The highest BCUT2D eigenvalue weighted by atomic mass is 16.5. The van der Waals surface area contributed by atoms with Gasteiger partial charge in [0.25, 0.3) is 0 Å². The van der Waals surface area contributed by atoms with Gasteiger partial charge in [-0.25, -0.2) is 0 Å². The maximum Gasteiger partial charge on any atom is 0.120 e. The van der Waals surface area contributed by atoms with Crippen LogP contribution in [0, 0.1) is 0 Å². The Morgan fingerprint density at radius 2 is 1.95 bits per heavy atom. The Hall–Kier alpha value is -1.48. The summed E-state index contributed by atoms with van der Waals surface area (Å²) in [4.78, 5) is 2.59. The summed E-state index contributed by atoms with van der Waals surface area (Å²) < 4.78 is 8.08. The van der Waals surface area contributed by atoms with Crippen LogP contribution in [-0.2, 0) is 6.54 Å². The monoisotopic (exact) mass is 286 g/mol. The van der Waals surface area contributed by atoms with Crippen LogP contribution in [0.4, 0.5) is 0 Å². The van der Waals surface area contributed by atoms with Gasteiger partial charge in [0, 0.05) is 23.6 Å². The third kappa shape index (κ3) is 3.59. The molecule has 0 atom stereocenters. The third-order valence-electron chi connectivity index (χ3n) is 4.29. The number of hydrogen-bond acceptors (Lipinski definition) is 2. The number of rotatable bonds is 7. The standard InChI is InChI=1S/C18H26N2O/c1-2-14-21-17-6-7-18-16(15-17)8-13-20(18)12-5-11-19-9-3-4-10-19/h6-8,13,15H,2-5,9-12,14H2,1H3. The van der Waals surface area contributed by atoms with Crippen molar-refractivity contribution in [1.82, 2.24) is 9.47 Å². The molecule has 1 aliphatic rings. The summed E-state index contributed by atoms with van der Waals surface area (Å²) >= 11 is 0. The highest BCUT2D eigenvalue weighted by Gasteiger charge is 2.10. The molecule has 0 unspecified atom stereocenters. The van der Waals surface area contributed by atoms with Crippen LogP contribution in [-0.4, -0.2) is 35.7 Å². The Balaban J connectivity index is 1.60. The van der Waals surface area contributed by atoms with E-state index in [1.807, 2.05) is 0 Å². The van der Waals surface area contributed by atoms with Gasteiger partial charge in [-0.3, -0.25) is 0 Å². The van der Waals surface area contributed by atoms with Crippen LogP contribution in [0.15, 0.2) is 30.5 Å². The van der Waals surface area contributed by atoms with Crippen molar-refractivity contribution in [2.45, 2.75) is 39.2 Å². The molecule has 0 amide bonds. The molecule has 3 nitrogen and oxygen atoms in total. The molecule has 2 heterocycles. The number of fused-ring (bicyclic) bond motifs is 1.